The Balaban J connectivity index is 1.32. The second-order valence-corrected chi connectivity index (χ2v) is 7.83. The minimum Gasteiger partial charge on any atom is -0.349 e. The van der Waals surface area contributed by atoms with Gasteiger partial charge in [-0.15, -0.1) is 0 Å². The maximum atomic E-state index is 12.7. The zero-order valence-electron chi connectivity index (χ0n) is 16.5. The summed E-state index contributed by atoms with van der Waals surface area (Å²) in [6.07, 6.45) is 1.86. The summed E-state index contributed by atoms with van der Waals surface area (Å²) in [7, 11) is 0. The highest BCUT2D eigenvalue weighted by Gasteiger charge is 2.26. The van der Waals surface area contributed by atoms with Crippen LogP contribution in [0.2, 0.25) is 0 Å². The van der Waals surface area contributed by atoms with Gasteiger partial charge in [0.05, 0.1) is 6.04 Å². The number of nitrogens with one attached hydrogen (secondary N) is 1. The largest absolute Gasteiger partial charge is 0.349 e. The van der Waals surface area contributed by atoms with Gasteiger partial charge in [-0.25, -0.2) is 0 Å². The van der Waals surface area contributed by atoms with E-state index in [2.05, 4.69) is 71.7 Å². The van der Waals surface area contributed by atoms with E-state index in [0.29, 0.717) is 0 Å². The summed E-state index contributed by atoms with van der Waals surface area (Å²) in [5, 5.41) is 5.83. The van der Waals surface area contributed by atoms with Crippen LogP contribution in [-0.4, -0.2) is 23.9 Å². The van der Waals surface area contributed by atoms with Crippen molar-refractivity contribution in [1.29, 1.82) is 0 Å². The molecule has 0 unspecified atom stereocenters. The number of nitrogens with zero attached hydrogens (tertiary/aromatic N) is 1. The molecule has 0 radical (unpaired) electrons. The molecule has 1 amide bonds. The molecular formula is C25H28N2O. The molecule has 28 heavy (non-hydrogen) atoms. The fourth-order valence-electron chi connectivity index (χ4n) is 4.18. The standard InChI is InChI=1S/C25H28N2O/c1-19(20-8-3-2-4-9-20)26-25(28)22-14-16-27(17-15-22)18-23-12-7-11-21-10-5-6-13-24(21)23/h2-13,19,22H,14-18H2,1H3,(H,26,28)/t19-/m0/s1. The number of carbonyl (C=O) groups is 1. The molecule has 1 saturated heterocycles. The molecule has 1 heterocycles. The third-order valence-corrected chi connectivity index (χ3v) is 5.89. The van der Waals surface area contributed by atoms with Crippen LogP contribution in [-0.2, 0) is 11.3 Å². The van der Waals surface area contributed by atoms with Gasteiger partial charge in [-0.05, 0) is 54.8 Å². The first-order valence-corrected chi connectivity index (χ1v) is 10.2. The van der Waals surface area contributed by atoms with E-state index in [4.69, 9.17) is 0 Å². The highest BCUT2D eigenvalue weighted by Crippen LogP contribution is 2.24. The molecule has 3 aromatic carbocycles. The summed E-state index contributed by atoms with van der Waals surface area (Å²) < 4.78 is 0. The van der Waals surface area contributed by atoms with Crippen molar-refractivity contribution in [2.24, 2.45) is 5.92 Å². The molecular weight excluding hydrogens is 344 g/mol. The summed E-state index contributed by atoms with van der Waals surface area (Å²) in [6, 6.07) is 25.3. The number of hydrogen-bond acceptors (Lipinski definition) is 2. The smallest absolute Gasteiger partial charge is 0.223 e. The van der Waals surface area contributed by atoms with Crippen molar-refractivity contribution in [1.82, 2.24) is 10.2 Å². The fourth-order valence-corrected chi connectivity index (χ4v) is 4.18. The summed E-state index contributed by atoms with van der Waals surface area (Å²) >= 11 is 0. The number of piperidine rings is 1. The Morgan fingerprint density at radius 2 is 1.64 bits per heavy atom. The minimum atomic E-state index is 0.0578. The third-order valence-electron chi connectivity index (χ3n) is 5.89. The van der Waals surface area contributed by atoms with Crippen LogP contribution in [0.25, 0.3) is 10.8 Å². The maximum absolute atomic E-state index is 12.7. The summed E-state index contributed by atoms with van der Waals surface area (Å²) in [6.45, 7) is 4.96. The van der Waals surface area contributed by atoms with Gasteiger partial charge in [0.15, 0.2) is 0 Å². The number of likely N-dealkylation sites (tertiary alicyclic amines) is 1. The second kappa shape index (κ2) is 8.57. The quantitative estimate of drug-likeness (QED) is 0.689. The summed E-state index contributed by atoms with van der Waals surface area (Å²) in [4.78, 5) is 15.2. The van der Waals surface area contributed by atoms with Gasteiger partial charge in [0.1, 0.15) is 0 Å². The lowest BCUT2D eigenvalue weighted by Crippen LogP contribution is -2.40. The van der Waals surface area contributed by atoms with E-state index >= 15 is 0 Å². The molecule has 1 aliphatic heterocycles. The molecule has 1 fully saturated rings. The van der Waals surface area contributed by atoms with E-state index in [-0.39, 0.29) is 17.9 Å². The lowest BCUT2D eigenvalue weighted by molar-refractivity contribution is -0.127. The van der Waals surface area contributed by atoms with Crippen molar-refractivity contribution in [2.75, 3.05) is 13.1 Å². The van der Waals surface area contributed by atoms with Gasteiger partial charge in [0.2, 0.25) is 5.91 Å². The SMILES string of the molecule is C[C@H](NC(=O)C1CCN(Cc2cccc3ccccc23)CC1)c1ccccc1. The maximum Gasteiger partial charge on any atom is 0.223 e. The summed E-state index contributed by atoms with van der Waals surface area (Å²) in [5.41, 5.74) is 2.53. The van der Waals surface area contributed by atoms with Gasteiger partial charge in [0, 0.05) is 12.5 Å². The Labute approximate surface area is 167 Å². The van der Waals surface area contributed by atoms with Crippen LogP contribution < -0.4 is 5.32 Å². The van der Waals surface area contributed by atoms with Gasteiger partial charge < -0.3 is 5.32 Å². The molecule has 1 N–H and O–H groups in total. The first-order chi connectivity index (χ1) is 13.7. The average Bonchev–Trinajstić information content (AvgIpc) is 2.75. The van der Waals surface area contributed by atoms with Crippen molar-refractivity contribution in [2.45, 2.75) is 32.4 Å². The second-order valence-electron chi connectivity index (χ2n) is 7.83. The molecule has 144 valence electrons. The molecule has 4 rings (SSSR count). The number of rotatable bonds is 5. The van der Waals surface area contributed by atoms with Crippen molar-refractivity contribution in [3.05, 3.63) is 83.9 Å². The topological polar surface area (TPSA) is 32.3 Å². The minimum absolute atomic E-state index is 0.0578. The number of fused-ring (bicyclic) bond motifs is 1. The molecule has 3 aromatic rings. The monoisotopic (exact) mass is 372 g/mol. The van der Waals surface area contributed by atoms with Gasteiger partial charge >= 0.3 is 0 Å². The van der Waals surface area contributed by atoms with Crippen molar-refractivity contribution in [3.63, 3.8) is 0 Å². The Hall–Kier alpha value is -2.65. The first-order valence-electron chi connectivity index (χ1n) is 10.2. The molecule has 1 aliphatic rings. The zero-order chi connectivity index (χ0) is 19.3. The number of amides is 1. The summed E-state index contributed by atoms with van der Waals surface area (Å²) in [5.74, 6) is 0.316. The van der Waals surface area contributed by atoms with Crippen LogP contribution in [0.4, 0.5) is 0 Å². The Bertz CT molecular complexity index is 924. The van der Waals surface area contributed by atoms with Crippen LogP contribution in [0.15, 0.2) is 72.8 Å². The van der Waals surface area contributed by atoms with Crippen LogP contribution >= 0.6 is 0 Å². The Morgan fingerprint density at radius 1 is 0.964 bits per heavy atom. The highest BCUT2D eigenvalue weighted by atomic mass is 16.1. The van der Waals surface area contributed by atoms with Crippen LogP contribution in [0.1, 0.15) is 36.9 Å². The van der Waals surface area contributed by atoms with Gasteiger partial charge in [-0.1, -0.05) is 72.8 Å². The number of benzene rings is 3. The zero-order valence-corrected chi connectivity index (χ0v) is 16.5. The van der Waals surface area contributed by atoms with Crippen molar-refractivity contribution in [3.8, 4) is 0 Å². The van der Waals surface area contributed by atoms with Crippen LogP contribution in [0.5, 0.6) is 0 Å². The lowest BCUT2D eigenvalue weighted by atomic mass is 9.94. The molecule has 0 bridgehead atoms. The molecule has 3 heteroatoms. The average molecular weight is 373 g/mol. The molecule has 0 saturated carbocycles. The van der Waals surface area contributed by atoms with Gasteiger partial charge in [-0.3, -0.25) is 9.69 Å². The van der Waals surface area contributed by atoms with Crippen LogP contribution in [0, 0.1) is 5.92 Å². The Kier molecular flexibility index (Phi) is 5.73. The lowest BCUT2D eigenvalue weighted by Gasteiger charge is -2.32. The first kappa shape index (κ1) is 18.7. The Morgan fingerprint density at radius 3 is 2.43 bits per heavy atom. The number of hydrogen-bond donors (Lipinski definition) is 1. The van der Waals surface area contributed by atoms with Crippen molar-refractivity contribution >= 4 is 16.7 Å². The van der Waals surface area contributed by atoms with E-state index in [0.717, 1.165) is 38.0 Å². The van der Waals surface area contributed by atoms with Crippen molar-refractivity contribution < 1.29 is 4.79 Å². The molecule has 3 nitrogen and oxygen atoms in total. The number of carbonyl (C=O) groups excluding carboxylic acids is 1. The van der Waals surface area contributed by atoms with E-state index < -0.39 is 0 Å². The van der Waals surface area contributed by atoms with E-state index in [1.54, 1.807) is 0 Å². The normalized spacial score (nSPS) is 16.8. The van der Waals surface area contributed by atoms with E-state index in [1.807, 2.05) is 18.2 Å². The van der Waals surface area contributed by atoms with E-state index in [9.17, 15) is 4.79 Å². The van der Waals surface area contributed by atoms with E-state index in [1.165, 1.54) is 16.3 Å². The molecule has 0 aromatic heterocycles. The molecule has 0 aliphatic carbocycles. The van der Waals surface area contributed by atoms with Crippen LogP contribution in [0.3, 0.4) is 0 Å². The fraction of sp³-hybridized carbons (Fsp3) is 0.320. The predicted octanol–water partition coefficient (Wildman–Crippen LogP) is 4.93. The van der Waals surface area contributed by atoms with Gasteiger partial charge in [-0.2, -0.15) is 0 Å². The predicted molar refractivity (Wildman–Crippen MR) is 115 cm³/mol. The third kappa shape index (κ3) is 4.26. The molecule has 0 spiro atoms. The highest BCUT2D eigenvalue weighted by molar-refractivity contribution is 5.85. The molecule has 1 atom stereocenters. The van der Waals surface area contributed by atoms with Gasteiger partial charge in [0.25, 0.3) is 0 Å².